The lowest BCUT2D eigenvalue weighted by atomic mass is 10.1. The molecule has 1 N–H and O–H groups in total. The molecule has 7 nitrogen and oxygen atoms in total. The predicted octanol–water partition coefficient (Wildman–Crippen LogP) is 3.30. The molecule has 2 aromatic rings. The van der Waals surface area contributed by atoms with Crippen molar-refractivity contribution in [2.75, 3.05) is 32.2 Å². The van der Waals surface area contributed by atoms with Crippen LogP contribution in [0.4, 0.5) is 5.82 Å². The summed E-state index contributed by atoms with van der Waals surface area (Å²) in [5.74, 6) is 1.46. The average molecular weight is 420 g/mol. The van der Waals surface area contributed by atoms with Crippen LogP contribution in [0.25, 0.3) is 0 Å². The second-order valence-electron chi connectivity index (χ2n) is 7.06. The molecule has 0 aliphatic carbocycles. The van der Waals surface area contributed by atoms with Gasteiger partial charge in [-0.15, -0.1) is 0 Å². The maximum absolute atomic E-state index is 12.5. The number of benzene rings is 1. The van der Waals surface area contributed by atoms with Crippen molar-refractivity contribution in [2.24, 2.45) is 0 Å². The zero-order valence-electron chi connectivity index (χ0n) is 17.1. The molecular weight excluding hydrogens is 394 g/mol. The fourth-order valence-electron chi connectivity index (χ4n) is 3.41. The number of amides is 1. The van der Waals surface area contributed by atoms with E-state index in [1.54, 1.807) is 18.3 Å². The van der Waals surface area contributed by atoms with E-state index in [0.717, 1.165) is 24.5 Å². The van der Waals surface area contributed by atoms with Gasteiger partial charge >= 0.3 is 0 Å². The number of carbonyl (C=O) groups is 1. The molecule has 1 amide bonds. The number of rotatable bonds is 6. The summed E-state index contributed by atoms with van der Waals surface area (Å²) in [6.07, 6.45) is 2.13. The molecule has 0 radical (unpaired) electrons. The lowest BCUT2D eigenvalue weighted by molar-refractivity contribution is -0.00546. The summed E-state index contributed by atoms with van der Waals surface area (Å²) in [6.45, 7) is 6.11. The van der Waals surface area contributed by atoms with Gasteiger partial charge in [-0.05, 0) is 37.6 Å². The number of morpholine rings is 1. The zero-order valence-corrected chi connectivity index (χ0v) is 17.8. The minimum absolute atomic E-state index is 0.174. The van der Waals surface area contributed by atoms with Gasteiger partial charge in [0.1, 0.15) is 5.82 Å². The Morgan fingerprint density at radius 2 is 1.97 bits per heavy atom. The van der Waals surface area contributed by atoms with Gasteiger partial charge in [0.2, 0.25) is 0 Å². The van der Waals surface area contributed by atoms with Crippen molar-refractivity contribution in [2.45, 2.75) is 32.6 Å². The highest BCUT2D eigenvalue weighted by Gasteiger charge is 2.23. The maximum atomic E-state index is 12.5. The van der Waals surface area contributed by atoms with Gasteiger partial charge in [-0.3, -0.25) is 4.79 Å². The van der Waals surface area contributed by atoms with Crippen molar-refractivity contribution in [3.05, 3.63) is 46.6 Å². The largest absolute Gasteiger partial charge is 0.493 e. The van der Waals surface area contributed by atoms with E-state index in [1.807, 2.05) is 12.1 Å². The maximum Gasteiger partial charge on any atom is 0.251 e. The van der Waals surface area contributed by atoms with Crippen molar-refractivity contribution < 1.29 is 19.0 Å². The minimum Gasteiger partial charge on any atom is -0.493 e. The third-order valence-electron chi connectivity index (χ3n) is 4.70. The molecule has 1 fully saturated rings. The van der Waals surface area contributed by atoms with E-state index < -0.39 is 0 Å². The Morgan fingerprint density at radius 1 is 1.24 bits per heavy atom. The monoisotopic (exact) mass is 419 g/mol. The highest BCUT2D eigenvalue weighted by Crippen LogP contribution is 2.36. The number of halogens is 1. The van der Waals surface area contributed by atoms with Gasteiger partial charge in [0, 0.05) is 31.4 Å². The van der Waals surface area contributed by atoms with Gasteiger partial charge in [-0.2, -0.15) is 0 Å². The SMILES string of the molecule is COc1cc(C(=O)NCc2ccc(N3CC(C)OC(C)C3)nc2)cc(Cl)c1OC. The number of ether oxygens (including phenoxy) is 3. The smallest absolute Gasteiger partial charge is 0.251 e. The molecule has 1 aromatic carbocycles. The van der Waals surface area contributed by atoms with Gasteiger partial charge in [0.05, 0.1) is 31.5 Å². The van der Waals surface area contributed by atoms with E-state index in [1.165, 1.54) is 14.2 Å². The molecule has 0 spiro atoms. The quantitative estimate of drug-likeness (QED) is 0.774. The van der Waals surface area contributed by atoms with Crippen molar-refractivity contribution in [3.8, 4) is 11.5 Å². The number of aromatic nitrogens is 1. The summed E-state index contributed by atoms with van der Waals surface area (Å²) in [7, 11) is 3.00. The number of hydrogen-bond acceptors (Lipinski definition) is 6. The molecule has 0 bridgehead atoms. The van der Waals surface area contributed by atoms with E-state index in [4.69, 9.17) is 25.8 Å². The molecule has 1 saturated heterocycles. The molecule has 0 saturated carbocycles. The van der Waals surface area contributed by atoms with E-state index in [0.29, 0.717) is 28.6 Å². The number of nitrogens with zero attached hydrogens (tertiary/aromatic N) is 2. The Kier molecular flexibility index (Phi) is 6.82. The second kappa shape index (κ2) is 9.33. The summed E-state index contributed by atoms with van der Waals surface area (Å²) in [4.78, 5) is 19.3. The summed E-state index contributed by atoms with van der Waals surface area (Å²) in [5.41, 5.74) is 1.30. The first-order valence-electron chi connectivity index (χ1n) is 9.46. The van der Waals surface area contributed by atoms with E-state index in [-0.39, 0.29) is 18.1 Å². The average Bonchev–Trinajstić information content (AvgIpc) is 2.71. The number of hydrogen-bond donors (Lipinski definition) is 1. The number of nitrogens with one attached hydrogen (secondary N) is 1. The van der Waals surface area contributed by atoms with Gasteiger partial charge in [-0.25, -0.2) is 4.98 Å². The van der Waals surface area contributed by atoms with Crippen LogP contribution in [0.2, 0.25) is 5.02 Å². The first-order chi connectivity index (χ1) is 13.9. The van der Waals surface area contributed by atoms with Crippen LogP contribution in [0.15, 0.2) is 30.5 Å². The summed E-state index contributed by atoms with van der Waals surface area (Å²) in [6, 6.07) is 7.09. The Hall–Kier alpha value is -2.51. The Labute approximate surface area is 175 Å². The summed E-state index contributed by atoms with van der Waals surface area (Å²) in [5, 5.41) is 3.19. The molecule has 29 heavy (non-hydrogen) atoms. The van der Waals surface area contributed by atoms with E-state index in [2.05, 4.69) is 29.0 Å². The molecule has 2 unspecified atom stereocenters. The van der Waals surface area contributed by atoms with Crippen LogP contribution in [-0.4, -0.2) is 50.4 Å². The number of carbonyl (C=O) groups excluding carboxylic acids is 1. The van der Waals surface area contributed by atoms with Crippen molar-refractivity contribution in [3.63, 3.8) is 0 Å². The molecule has 1 aliphatic heterocycles. The molecule has 8 heteroatoms. The standard InChI is InChI=1S/C21H26ClN3O4/c1-13-11-25(12-14(2)29-13)19-6-5-15(9-23-19)10-24-21(26)16-7-17(22)20(28-4)18(8-16)27-3/h5-9,13-14H,10-12H2,1-4H3,(H,24,26). The van der Waals surface area contributed by atoms with E-state index in [9.17, 15) is 4.79 Å². The zero-order chi connectivity index (χ0) is 21.0. The normalized spacial score (nSPS) is 19.0. The summed E-state index contributed by atoms with van der Waals surface area (Å²) >= 11 is 6.18. The second-order valence-corrected chi connectivity index (χ2v) is 7.47. The predicted molar refractivity (Wildman–Crippen MR) is 112 cm³/mol. The molecule has 2 atom stereocenters. The van der Waals surface area contributed by atoms with Crippen LogP contribution in [0.3, 0.4) is 0 Å². The number of pyridine rings is 1. The van der Waals surface area contributed by atoms with Crippen molar-refractivity contribution in [1.82, 2.24) is 10.3 Å². The molecular formula is C21H26ClN3O4. The molecule has 156 valence electrons. The Balaban J connectivity index is 1.63. The third-order valence-corrected chi connectivity index (χ3v) is 4.98. The van der Waals surface area contributed by atoms with Gasteiger partial charge < -0.3 is 24.4 Å². The molecule has 3 rings (SSSR count). The van der Waals surface area contributed by atoms with Gasteiger partial charge in [0.25, 0.3) is 5.91 Å². The fourth-order valence-corrected chi connectivity index (χ4v) is 3.69. The molecule has 2 heterocycles. The van der Waals surface area contributed by atoms with Crippen molar-refractivity contribution >= 4 is 23.3 Å². The number of methoxy groups -OCH3 is 2. The van der Waals surface area contributed by atoms with Crippen LogP contribution >= 0.6 is 11.6 Å². The lowest BCUT2D eigenvalue weighted by Crippen LogP contribution is -2.45. The minimum atomic E-state index is -0.257. The van der Waals surface area contributed by atoms with Crippen LogP contribution in [-0.2, 0) is 11.3 Å². The molecule has 1 aromatic heterocycles. The topological polar surface area (TPSA) is 72.9 Å². The fraction of sp³-hybridized carbons (Fsp3) is 0.429. The highest BCUT2D eigenvalue weighted by molar-refractivity contribution is 6.32. The van der Waals surface area contributed by atoms with Crippen molar-refractivity contribution in [1.29, 1.82) is 0 Å². The molecule has 1 aliphatic rings. The summed E-state index contributed by atoms with van der Waals surface area (Å²) < 4.78 is 16.2. The highest BCUT2D eigenvalue weighted by atomic mass is 35.5. The Morgan fingerprint density at radius 3 is 2.55 bits per heavy atom. The van der Waals surface area contributed by atoms with Gasteiger partial charge in [0.15, 0.2) is 11.5 Å². The van der Waals surface area contributed by atoms with Crippen LogP contribution in [0.5, 0.6) is 11.5 Å². The number of anilines is 1. The van der Waals surface area contributed by atoms with Crippen LogP contribution in [0.1, 0.15) is 29.8 Å². The van der Waals surface area contributed by atoms with E-state index >= 15 is 0 Å². The third kappa shape index (κ3) is 5.10. The van der Waals surface area contributed by atoms with Gasteiger partial charge in [-0.1, -0.05) is 17.7 Å². The first-order valence-corrected chi connectivity index (χ1v) is 9.84. The lowest BCUT2D eigenvalue weighted by Gasteiger charge is -2.36. The van der Waals surface area contributed by atoms with Crippen LogP contribution in [0, 0.1) is 0 Å². The van der Waals surface area contributed by atoms with Crippen LogP contribution < -0.4 is 19.7 Å². The Bertz CT molecular complexity index is 850. The first kappa shape index (κ1) is 21.2.